The Morgan fingerprint density at radius 1 is 1.26 bits per heavy atom. The van der Waals surface area contributed by atoms with Crippen molar-refractivity contribution in [3.05, 3.63) is 28.5 Å². The van der Waals surface area contributed by atoms with Crippen molar-refractivity contribution in [1.82, 2.24) is 15.6 Å². The lowest BCUT2D eigenvalue weighted by Gasteiger charge is -2.07. The minimum atomic E-state index is -0.326. The highest BCUT2D eigenvalue weighted by atomic mass is 35.5. The number of nitrogens with zero attached hydrogens (tertiary/aromatic N) is 1. The molecule has 0 aliphatic heterocycles. The number of halogens is 1. The smallest absolute Gasteiger partial charge is 0.251 e. The van der Waals surface area contributed by atoms with Crippen LogP contribution in [0.1, 0.15) is 36.3 Å². The third-order valence-corrected chi connectivity index (χ3v) is 2.59. The molecule has 0 unspecified atom stereocenters. The van der Waals surface area contributed by atoms with Gasteiger partial charge in [-0.2, -0.15) is 0 Å². The van der Waals surface area contributed by atoms with Gasteiger partial charge in [0.1, 0.15) is 5.15 Å². The number of likely N-dealkylation sites (N-methyl/N-ethyl adjacent to an activating group) is 1. The van der Waals surface area contributed by atoms with Crippen molar-refractivity contribution in [2.75, 3.05) is 13.1 Å². The number of hydrogen-bond donors (Lipinski definition) is 2. The maximum absolute atomic E-state index is 11.9. The third kappa shape index (κ3) is 5.26. The van der Waals surface area contributed by atoms with Gasteiger partial charge in [0, 0.05) is 17.8 Å². The van der Waals surface area contributed by atoms with Crippen molar-refractivity contribution in [3.8, 4) is 0 Å². The van der Waals surface area contributed by atoms with Crippen LogP contribution in [0.3, 0.4) is 0 Å². The van der Waals surface area contributed by atoms with Gasteiger partial charge in [-0.25, -0.2) is 4.98 Å². The molecule has 1 aromatic rings. The Morgan fingerprint density at radius 3 is 2.63 bits per heavy atom. The van der Waals surface area contributed by atoms with Gasteiger partial charge in [0.05, 0.1) is 6.54 Å². The fourth-order valence-electron chi connectivity index (χ4n) is 1.59. The van der Waals surface area contributed by atoms with Crippen LogP contribution in [-0.2, 0) is 11.2 Å². The summed E-state index contributed by atoms with van der Waals surface area (Å²) in [5.41, 5.74) is 1.20. The minimum absolute atomic E-state index is 0.0459. The molecule has 0 saturated heterocycles. The number of hydrogen-bond acceptors (Lipinski definition) is 3. The average Bonchev–Trinajstić information content (AvgIpc) is 2.36. The van der Waals surface area contributed by atoms with E-state index in [0.717, 1.165) is 18.5 Å². The molecule has 0 radical (unpaired) electrons. The van der Waals surface area contributed by atoms with E-state index in [1.165, 1.54) is 6.07 Å². The van der Waals surface area contributed by atoms with E-state index in [4.69, 9.17) is 11.6 Å². The van der Waals surface area contributed by atoms with Crippen molar-refractivity contribution in [2.45, 2.75) is 26.7 Å². The zero-order chi connectivity index (χ0) is 14.3. The molecular formula is C13H18ClN3O2. The first kappa shape index (κ1) is 15.4. The molecule has 0 spiro atoms. The molecule has 0 fully saturated rings. The molecule has 2 N–H and O–H groups in total. The lowest BCUT2D eigenvalue weighted by atomic mass is 10.1. The summed E-state index contributed by atoms with van der Waals surface area (Å²) in [6.45, 7) is 4.34. The molecule has 19 heavy (non-hydrogen) atoms. The quantitative estimate of drug-likeness (QED) is 0.778. The standard InChI is InChI=1S/C13H18ClN3O2/c1-3-5-10-6-9(7-11(14)17-10)13(19)16-8-12(18)15-4-2/h6-7H,3-5,8H2,1-2H3,(H,15,18)(H,16,19). The van der Waals surface area contributed by atoms with Crippen LogP contribution in [0.2, 0.25) is 5.15 Å². The van der Waals surface area contributed by atoms with Crippen LogP contribution < -0.4 is 10.6 Å². The zero-order valence-corrected chi connectivity index (χ0v) is 11.9. The summed E-state index contributed by atoms with van der Waals surface area (Å²) in [5.74, 6) is -0.544. The van der Waals surface area contributed by atoms with E-state index in [-0.39, 0.29) is 23.5 Å². The van der Waals surface area contributed by atoms with Crippen LogP contribution in [0.4, 0.5) is 0 Å². The van der Waals surface area contributed by atoms with E-state index in [0.29, 0.717) is 12.1 Å². The second-order valence-electron chi connectivity index (χ2n) is 4.06. The molecule has 0 aromatic carbocycles. The maximum Gasteiger partial charge on any atom is 0.251 e. The van der Waals surface area contributed by atoms with Crippen molar-refractivity contribution in [1.29, 1.82) is 0 Å². The Labute approximate surface area is 117 Å². The second kappa shape index (κ2) is 7.74. The number of rotatable bonds is 6. The summed E-state index contributed by atoms with van der Waals surface area (Å²) >= 11 is 5.87. The topological polar surface area (TPSA) is 71.1 Å². The number of aromatic nitrogens is 1. The van der Waals surface area contributed by atoms with E-state index in [1.54, 1.807) is 6.07 Å². The molecule has 104 valence electrons. The fourth-order valence-corrected chi connectivity index (χ4v) is 1.81. The van der Waals surface area contributed by atoms with E-state index >= 15 is 0 Å². The molecule has 0 atom stereocenters. The van der Waals surface area contributed by atoms with E-state index in [9.17, 15) is 9.59 Å². The van der Waals surface area contributed by atoms with Crippen molar-refractivity contribution in [2.24, 2.45) is 0 Å². The highest BCUT2D eigenvalue weighted by Gasteiger charge is 2.10. The van der Waals surface area contributed by atoms with Crippen LogP contribution in [0.15, 0.2) is 12.1 Å². The summed E-state index contributed by atoms with van der Waals surface area (Å²) in [6, 6.07) is 3.19. The minimum Gasteiger partial charge on any atom is -0.355 e. The number of carbonyl (C=O) groups excluding carboxylic acids is 2. The Morgan fingerprint density at radius 2 is 2.00 bits per heavy atom. The predicted molar refractivity (Wildman–Crippen MR) is 74.3 cm³/mol. The molecular weight excluding hydrogens is 266 g/mol. The molecule has 1 rings (SSSR count). The molecule has 0 aliphatic rings. The SMILES string of the molecule is CCCc1cc(C(=O)NCC(=O)NCC)cc(Cl)n1. The number of pyridine rings is 1. The van der Waals surface area contributed by atoms with Crippen molar-refractivity contribution < 1.29 is 9.59 Å². The summed E-state index contributed by atoms with van der Waals surface area (Å²) in [5, 5.41) is 5.43. The maximum atomic E-state index is 11.9. The first-order valence-corrected chi connectivity index (χ1v) is 6.66. The number of aryl methyl sites for hydroxylation is 1. The highest BCUT2D eigenvalue weighted by molar-refractivity contribution is 6.29. The molecule has 2 amide bonds. The first-order valence-electron chi connectivity index (χ1n) is 6.28. The lowest BCUT2D eigenvalue weighted by molar-refractivity contribution is -0.120. The summed E-state index contributed by atoms with van der Waals surface area (Å²) in [4.78, 5) is 27.3. The van der Waals surface area contributed by atoms with Crippen LogP contribution >= 0.6 is 11.6 Å². The van der Waals surface area contributed by atoms with Crippen LogP contribution in [0, 0.1) is 0 Å². The van der Waals surface area contributed by atoms with Gasteiger partial charge >= 0.3 is 0 Å². The second-order valence-corrected chi connectivity index (χ2v) is 4.44. The van der Waals surface area contributed by atoms with Gasteiger partial charge in [0.2, 0.25) is 5.91 Å². The van der Waals surface area contributed by atoms with Crippen molar-refractivity contribution in [3.63, 3.8) is 0 Å². The molecule has 5 nitrogen and oxygen atoms in total. The molecule has 0 aliphatic carbocycles. The summed E-state index contributed by atoms with van der Waals surface area (Å²) in [7, 11) is 0. The Balaban J connectivity index is 2.68. The van der Waals surface area contributed by atoms with Gasteiger partial charge in [-0.3, -0.25) is 9.59 Å². The number of carbonyl (C=O) groups is 2. The van der Waals surface area contributed by atoms with Crippen molar-refractivity contribution >= 4 is 23.4 Å². The van der Waals surface area contributed by atoms with Gasteiger partial charge in [0.25, 0.3) is 5.91 Å². The fraction of sp³-hybridized carbons (Fsp3) is 0.462. The normalized spacial score (nSPS) is 10.1. The summed E-state index contributed by atoms with van der Waals surface area (Å²) in [6.07, 6.45) is 1.68. The molecule has 0 saturated carbocycles. The summed E-state index contributed by atoms with van der Waals surface area (Å²) < 4.78 is 0. The Bertz CT molecular complexity index is 463. The largest absolute Gasteiger partial charge is 0.355 e. The van der Waals surface area contributed by atoms with Gasteiger partial charge < -0.3 is 10.6 Å². The van der Waals surface area contributed by atoms with E-state index in [2.05, 4.69) is 15.6 Å². The van der Waals surface area contributed by atoms with Crippen LogP contribution in [-0.4, -0.2) is 29.9 Å². The third-order valence-electron chi connectivity index (χ3n) is 2.40. The highest BCUT2D eigenvalue weighted by Crippen LogP contribution is 2.12. The number of amides is 2. The van der Waals surface area contributed by atoms with Crippen LogP contribution in [0.25, 0.3) is 0 Å². The van der Waals surface area contributed by atoms with Gasteiger partial charge in [-0.05, 0) is 25.5 Å². The molecule has 1 aromatic heterocycles. The predicted octanol–water partition coefficient (Wildman–Crippen LogP) is 1.55. The van der Waals surface area contributed by atoms with E-state index in [1.807, 2.05) is 13.8 Å². The molecule has 6 heteroatoms. The number of nitrogens with one attached hydrogen (secondary N) is 2. The first-order chi connectivity index (χ1) is 9.06. The molecule has 0 bridgehead atoms. The van der Waals surface area contributed by atoms with Gasteiger partial charge in [-0.1, -0.05) is 24.9 Å². The Hall–Kier alpha value is -1.62. The molecule has 1 heterocycles. The average molecular weight is 284 g/mol. The Kier molecular flexibility index (Phi) is 6.29. The lowest BCUT2D eigenvalue weighted by Crippen LogP contribution is -2.36. The van der Waals surface area contributed by atoms with E-state index < -0.39 is 0 Å². The monoisotopic (exact) mass is 283 g/mol. The van der Waals surface area contributed by atoms with Gasteiger partial charge in [0.15, 0.2) is 0 Å². The zero-order valence-electron chi connectivity index (χ0n) is 11.1. The van der Waals surface area contributed by atoms with Crippen LogP contribution in [0.5, 0.6) is 0 Å². The van der Waals surface area contributed by atoms with Gasteiger partial charge in [-0.15, -0.1) is 0 Å².